The molecule has 0 radical (unpaired) electrons. The van der Waals surface area contributed by atoms with Crippen LogP contribution in [0.25, 0.3) is 5.70 Å². The molecule has 1 aromatic carbocycles. The number of rotatable bonds is 5. The highest BCUT2D eigenvalue weighted by atomic mass is 31.1. The predicted molar refractivity (Wildman–Crippen MR) is 75.3 cm³/mol. The molecule has 0 spiro atoms. The van der Waals surface area contributed by atoms with Crippen LogP contribution in [0, 0.1) is 0 Å². The van der Waals surface area contributed by atoms with Gasteiger partial charge in [0.15, 0.2) is 0 Å². The molecule has 1 aromatic rings. The van der Waals surface area contributed by atoms with Crippen LogP contribution in [0.5, 0.6) is 0 Å². The van der Waals surface area contributed by atoms with E-state index in [0.29, 0.717) is 5.52 Å². The SMILES string of the molecule is C=C(NC(PC)PC)c1ccc(N)cc1. The lowest BCUT2D eigenvalue weighted by Crippen LogP contribution is -2.18. The molecule has 2 unspecified atom stereocenters. The van der Waals surface area contributed by atoms with Gasteiger partial charge < -0.3 is 11.1 Å². The molecule has 0 amide bonds. The van der Waals surface area contributed by atoms with Crippen molar-refractivity contribution in [3.63, 3.8) is 0 Å². The molecule has 0 aliphatic carbocycles. The average molecular weight is 240 g/mol. The third-order valence-electron chi connectivity index (χ3n) is 2.16. The van der Waals surface area contributed by atoms with Crippen molar-refractivity contribution < 1.29 is 0 Å². The van der Waals surface area contributed by atoms with Crippen LogP contribution in [-0.4, -0.2) is 18.9 Å². The Morgan fingerprint density at radius 1 is 1.27 bits per heavy atom. The normalized spacial score (nSPS) is 13.7. The van der Waals surface area contributed by atoms with Crippen molar-refractivity contribution in [2.75, 3.05) is 19.1 Å². The second-order valence-electron chi connectivity index (χ2n) is 3.26. The third-order valence-corrected chi connectivity index (χ3v) is 5.33. The maximum atomic E-state index is 5.63. The quantitative estimate of drug-likeness (QED) is 0.613. The van der Waals surface area contributed by atoms with Gasteiger partial charge in [-0.25, -0.2) is 0 Å². The van der Waals surface area contributed by atoms with Crippen molar-refractivity contribution >= 4 is 28.5 Å². The molecule has 82 valence electrons. The van der Waals surface area contributed by atoms with Gasteiger partial charge >= 0.3 is 0 Å². The Morgan fingerprint density at radius 3 is 2.27 bits per heavy atom. The lowest BCUT2D eigenvalue weighted by atomic mass is 10.1. The number of nitrogens with two attached hydrogens (primary N) is 1. The first-order chi connectivity index (χ1) is 7.17. The summed E-state index contributed by atoms with van der Waals surface area (Å²) in [6.45, 7) is 8.47. The van der Waals surface area contributed by atoms with Crippen LogP contribution in [0.15, 0.2) is 30.8 Å². The van der Waals surface area contributed by atoms with Gasteiger partial charge in [-0.05, 0) is 31.0 Å². The summed E-state index contributed by atoms with van der Waals surface area (Å²) in [5.74, 6) is 0. The molecule has 4 heteroatoms. The van der Waals surface area contributed by atoms with E-state index in [1.165, 1.54) is 0 Å². The largest absolute Gasteiger partial charge is 0.399 e. The van der Waals surface area contributed by atoms with Gasteiger partial charge in [0.05, 0.1) is 5.52 Å². The van der Waals surface area contributed by atoms with Gasteiger partial charge in [-0.2, -0.15) is 0 Å². The molecule has 2 nitrogen and oxygen atoms in total. The Kier molecular flexibility index (Phi) is 5.08. The lowest BCUT2D eigenvalue weighted by molar-refractivity contribution is 1.03. The summed E-state index contributed by atoms with van der Waals surface area (Å²) in [7, 11) is 1.80. The van der Waals surface area contributed by atoms with Crippen molar-refractivity contribution in [3.05, 3.63) is 36.4 Å². The monoisotopic (exact) mass is 240 g/mol. The summed E-state index contributed by atoms with van der Waals surface area (Å²) in [6, 6.07) is 7.80. The number of benzene rings is 1. The zero-order valence-corrected chi connectivity index (χ0v) is 11.2. The van der Waals surface area contributed by atoms with Crippen LogP contribution in [0.4, 0.5) is 5.69 Å². The van der Waals surface area contributed by atoms with E-state index in [9.17, 15) is 0 Å². The molecule has 0 aromatic heterocycles. The van der Waals surface area contributed by atoms with Crippen molar-refractivity contribution in [1.29, 1.82) is 0 Å². The summed E-state index contributed by atoms with van der Waals surface area (Å²) < 4.78 is 0. The maximum absolute atomic E-state index is 5.63. The number of nitrogen functional groups attached to an aromatic ring is 1. The first-order valence-electron chi connectivity index (χ1n) is 4.83. The second kappa shape index (κ2) is 6.10. The van der Waals surface area contributed by atoms with Crippen LogP contribution in [0.2, 0.25) is 0 Å². The van der Waals surface area contributed by atoms with Gasteiger partial charge in [-0.1, -0.05) is 35.9 Å². The number of hydrogen-bond donors (Lipinski definition) is 2. The first kappa shape index (κ1) is 12.5. The van der Waals surface area contributed by atoms with Crippen LogP contribution in [0.3, 0.4) is 0 Å². The van der Waals surface area contributed by atoms with Crippen LogP contribution >= 0.6 is 17.2 Å². The number of hydrogen-bond acceptors (Lipinski definition) is 2. The predicted octanol–water partition coefficient (Wildman–Crippen LogP) is 2.73. The van der Waals surface area contributed by atoms with E-state index in [-0.39, 0.29) is 0 Å². The van der Waals surface area contributed by atoms with E-state index in [1.807, 2.05) is 24.3 Å². The molecule has 0 aliphatic rings. The fourth-order valence-electron chi connectivity index (χ4n) is 1.23. The van der Waals surface area contributed by atoms with E-state index in [1.54, 1.807) is 0 Å². The van der Waals surface area contributed by atoms with Crippen molar-refractivity contribution in [2.45, 2.75) is 5.52 Å². The van der Waals surface area contributed by atoms with E-state index < -0.39 is 0 Å². The molecule has 0 fully saturated rings. The smallest absolute Gasteiger partial charge is 0.0590 e. The molecule has 1 rings (SSSR count). The van der Waals surface area contributed by atoms with Crippen molar-refractivity contribution in [1.82, 2.24) is 5.32 Å². The minimum absolute atomic E-state index is 0.565. The van der Waals surface area contributed by atoms with Crippen molar-refractivity contribution in [3.8, 4) is 0 Å². The zero-order valence-electron chi connectivity index (χ0n) is 9.17. The fraction of sp³-hybridized carbons (Fsp3) is 0.273. The fourth-order valence-corrected chi connectivity index (χ4v) is 3.02. The van der Waals surface area contributed by atoms with E-state index in [4.69, 9.17) is 5.73 Å². The summed E-state index contributed by atoms with van der Waals surface area (Å²) in [4.78, 5) is 0. The molecule has 15 heavy (non-hydrogen) atoms. The highest BCUT2D eigenvalue weighted by molar-refractivity contribution is 7.56. The van der Waals surface area contributed by atoms with Gasteiger partial charge in [-0.3, -0.25) is 0 Å². The summed E-state index contributed by atoms with van der Waals surface area (Å²) >= 11 is 0. The molecule has 2 atom stereocenters. The van der Waals surface area contributed by atoms with Crippen LogP contribution in [-0.2, 0) is 0 Å². The Balaban J connectivity index is 2.64. The summed E-state index contributed by atoms with van der Waals surface area (Å²) in [6.07, 6.45) is 0. The number of nitrogens with one attached hydrogen (secondary N) is 1. The second-order valence-corrected chi connectivity index (χ2v) is 6.14. The van der Waals surface area contributed by atoms with E-state index in [0.717, 1.165) is 34.1 Å². The maximum Gasteiger partial charge on any atom is 0.0590 e. The summed E-state index contributed by atoms with van der Waals surface area (Å²) in [5.41, 5.74) is 9.09. The topological polar surface area (TPSA) is 38.0 Å². The van der Waals surface area contributed by atoms with Gasteiger partial charge in [0, 0.05) is 11.4 Å². The van der Waals surface area contributed by atoms with Crippen LogP contribution < -0.4 is 11.1 Å². The Hall–Kier alpha value is -0.580. The minimum Gasteiger partial charge on any atom is -0.399 e. The van der Waals surface area contributed by atoms with Gasteiger partial charge in [-0.15, -0.1) is 0 Å². The van der Waals surface area contributed by atoms with E-state index >= 15 is 0 Å². The Bertz CT molecular complexity index is 318. The highest BCUT2D eigenvalue weighted by Crippen LogP contribution is 2.28. The summed E-state index contributed by atoms with van der Waals surface area (Å²) in [5, 5.41) is 3.44. The highest BCUT2D eigenvalue weighted by Gasteiger charge is 2.04. The van der Waals surface area contributed by atoms with Gasteiger partial charge in [0.1, 0.15) is 0 Å². The molecule has 0 aliphatic heterocycles. The number of anilines is 1. The van der Waals surface area contributed by atoms with Gasteiger partial charge in [0.2, 0.25) is 0 Å². The molecular weight excluding hydrogens is 222 g/mol. The third kappa shape index (κ3) is 3.81. The molecule has 0 saturated heterocycles. The van der Waals surface area contributed by atoms with Crippen LogP contribution in [0.1, 0.15) is 5.56 Å². The Labute approximate surface area is 95.3 Å². The first-order valence-corrected chi connectivity index (χ1v) is 7.98. The van der Waals surface area contributed by atoms with Gasteiger partial charge in [0.25, 0.3) is 0 Å². The molecule has 0 saturated carbocycles. The zero-order chi connectivity index (χ0) is 11.3. The molecule has 3 N–H and O–H groups in total. The standard InChI is InChI=1S/C11H18N2P2/c1-8(13-11(14-2)15-3)9-4-6-10(12)7-5-9/h4-7,11,13-15H,1,12H2,2-3H3. The van der Waals surface area contributed by atoms with E-state index in [2.05, 4.69) is 25.2 Å². The Morgan fingerprint density at radius 2 is 1.80 bits per heavy atom. The molecule has 0 bridgehead atoms. The average Bonchev–Trinajstić information content (AvgIpc) is 2.26. The molecule has 0 heterocycles. The molecular formula is C11H18N2P2. The van der Waals surface area contributed by atoms with Crippen molar-refractivity contribution in [2.24, 2.45) is 0 Å². The minimum atomic E-state index is 0.565. The lowest BCUT2D eigenvalue weighted by Gasteiger charge is -2.18.